The summed E-state index contributed by atoms with van der Waals surface area (Å²) in [5.41, 5.74) is 7.74. The molecule has 0 atom stereocenters. The second-order valence-electron chi connectivity index (χ2n) is 3.55. The van der Waals surface area contributed by atoms with E-state index in [1.807, 2.05) is 0 Å². The van der Waals surface area contributed by atoms with E-state index >= 15 is 0 Å². The van der Waals surface area contributed by atoms with E-state index in [1.165, 1.54) is 11.6 Å². The Morgan fingerprint density at radius 2 is 2.00 bits per heavy atom. The summed E-state index contributed by atoms with van der Waals surface area (Å²) < 4.78 is 12.9. The SMILES string of the molecule is Cl.NCc1cc(Cc2ccc(F)c(Cl)c2)cs1. The smallest absolute Gasteiger partial charge is 0.141 e. The number of hydrogen-bond donors (Lipinski definition) is 1. The Morgan fingerprint density at radius 3 is 2.59 bits per heavy atom. The highest BCUT2D eigenvalue weighted by atomic mass is 35.5. The molecule has 17 heavy (non-hydrogen) atoms. The maximum atomic E-state index is 12.9. The van der Waals surface area contributed by atoms with Gasteiger partial charge in [-0.15, -0.1) is 23.7 Å². The average Bonchev–Trinajstić information content (AvgIpc) is 2.71. The maximum absolute atomic E-state index is 12.9. The van der Waals surface area contributed by atoms with Crippen LogP contribution in [0.4, 0.5) is 4.39 Å². The molecule has 0 unspecified atom stereocenters. The molecule has 2 aromatic rings. The lowest BCUT2D eigenvalue weighted by Gasteiger charge is -2.00. The van der Waals surface area contributed by atoms with Crippen molar-refractivity contribution in [1.82, 2.24) is 0 Å². The zero-order valence-corrected chi connectivity index (χ0v) is 11.3. The zero-order chi connectivity index (χ0) is 11.5. The van der Waals surface area contributed by atoms with Gasteiger partial charge in [-0.1, -0.05) is 17.7 Å². The summed E-state index contributed by atoms with van der Waals surface area (Å²) in [5, 5.41) is 2.24. The molecule has 0 aliphatic heterocycles. The zero-order valence-electron chi connectivity index (χ0n) is 8.95. The summed E-state index contributed by atoms with van der Waals surface area (Å²) in [6.45, 7) is 0.564. The first kappa shape index (κ1) is 14.5. The number of thiophene rings is 1. The minimum Gasteiger partial charge on any atom is -0.326 e. The van der Waals surface area contributed by atoms with Crippen LogP contribution in [0.2, 0.25) is 5.02 Å². The van der Waals surface area contributed by atoms with E-state index in [9.17, 15) is 4.39 Å². The monoisotopic (exact) mass is 291 g/mol. The third-order valence-corrected chi connectivity index (χ3v) is 3.60. The van der Waals surface area contributed by atoms with Crippen LogP contribution in [0.1, 0.15) is 16.0 Å². The van der Waals surface area contributed by atoms with Crippen molar-refractivity contribution in [1.29, 1.82) is 0 Å². The molecule has 0 amide bonds. The van der Waals surface area contributed by atoms with Crippen molar-refractivity contribution in [2.24, 2.45) is 5.73 Å². The van der Waals surface area contributed by atoms with Crippen molar-refractivity contribution in [3.05, 3.63) is 56.5 Å². The van der Waals surface area contributed by atoms with E-state index in [1.54, 1.807) is 23.5 Å². The van der Waals surface area contributed by atoms with Crippen LogP contribution in [-0.4, -0.2) is 0 Å². The van der Waals surface area contributed by atoms with Crippen LogP contribution >= 0.6 is 35.3 Å². The Bertz CT molecular complexity index is 499. The first-order valence-electron chi connectivity index (χ1n) is 4.89. The van der Waals surface area contributed by atoms with Crippen LogP contribution in [0.3, 0.4) is 0 Å². The van der Waals surface area contributed by atoms with Crippen LogP contribution < -0.4 is 5.73 Å². The van der Waals surface area contributed by atoms with Gasteiger partial charge in [0.15, 0.2) is 0 Å². The van der Waals surface area contributed by atoms with Gasteiger partial charge in [0.2, 0.25) is 0 Å². The predicted octanol–water partition coefficient (Wildman–Crippen LogP) is 4.01. The summed E-state index contributed by atoms with van der Waals surface area (Å²) >= 11 is 7.36. The Balaban J connectivity index is 0.00000144. The number of nitrogens with two attached hydrogens (primary N) is 1. The highest BCUT2D eigenvalue weighted by molar-refractivity contribution is 7.10. The fourth-order valence-electron chi connectivity index (χ4n) is 1.51. The van der Waals surface area contributed by atoms with Crippen molar-refractivity contribution in [2.75, 3.05) is 0 Å². The lowest BCUT2D eigenvalue weighted by Crippen LogP contribution is -1.92. The molecule has 1 heterocycles. The first-order chi connectivity index (χ1) is 7.69. The van der Waals surface area contributed by atoms with Crippen LogP contribution in [0.25, 0.3) is 0 Å². The van der Waals surface area contributed by atoms with Crippen molar-refractivity contribution in [3.8, 4) is 0 Å². The highest BCUT2D eigenvalue weighted by Crippen LogP contribution is 2.21. The summed E-state index contributed by atoms with van der Waals surface area (Å²) in [7, 11) is 0. The van der Waals surface area contributed by atoms with Crippen molar-refractivity contribution < 1.29 is 4.39 Å². The number of hydrogen-bond acceptors (Lipinski definition) is 2. The Kier molecular flexibility index (Phi) is 5.40. The maximum Gasteiger partial charge on any atom is 0.141 e. The molecule has 92 valence electrons. The van der Waals surface area contributed by atoms with Gasteiger partial charge >= 0.3 is 0 Å². The van der Waals surface area contributed by atoms with Crippen LogP contribution in [0.5, 0.6) is 0 Å². The lowest BCUT2D eigenvalue weighted by molar-refractivity contribution is 0.627. The van der Waals surface area contributed by atoms with Crippen molar-refractivity contribution >= 4 is 35.3 Å². The molecular weight excluding hydrogens is 280 g/mol. The van der Waals surface area contributed by atoms with Gasteiger partial charge < -0.3 is 5.73 Å². The topological polar surface area (TPSA) is 26.0 Å². The quantitative estimate of drug-likeness (QED) is 0.908. The number of halogens is 3. The van der Waals surface area contributed by atoms with Crippen molar-refractivity contribution in [3.63, 3.8) is 0 Å². The molecule has 5 heteroatoms. The van der Waals surface area contributed by atoms with Gasteiger partial charge in [-0.2, -0.15) is 0 Å². The van der Waals surface area contributed by atoms with Gasteiger partial charge in [-0.05, 0) is 41.1 Å². The standard InChI is InChI=1S/C12H11ClFNS.ClH/c13-11-5-8(1-2-12(11)14)3-9-4-10(6-15)16-7-9;/h1-2,4-5,7H,3,6,15H2;1H. The van der Waals surface area contributed by atoms with E-state index in [2.05, 4.69) is 11.4 Å². The molecule has 0 spiro atoms. The summed E-state index contributed by atoms with van der Waals surface area (Å²) in [6, 6.07) is 6.88. The molecule has 2 rings (SSSR count). The van der Waals surface area contributed by atoms with Crippen molar-refractivity contribution in [2.45, 2.75) is 13.0 Å². The predicted molar refractivity (Wildman–Crippen MR) is 73.7 cm³/mol. The number of rotatable bonds is 3. The van der Waals surface area contributed by atoms with Gasteiger partial charge in [0.05, 0.1) is 5.02 Å². The van der Waals surface area contributed by atoms with E-state index in [-0.39, 0.29) is 23.2 Å². The second kappa shape index (κ2) is 6.36. The lowest BCUT2D eigenvalue weighted by atomic mass is 10.1. The molecule has 0 fully saturated rings. The van der Waals surface area contributed by atoms with Gasteiger partial charge in [-0.25, -0.2) is 4.39 Å². The molecule has 0 saturated heterocycles. The molecule has 1 aromatic carbocycles. The van der Waals surface area contributed by atoms with Gasteiger partial charge in [-0.3, -0.25) is 0 Å². The Hall–Kier alpha value is -0.610. The molecule has 1 nitrogen and oxygen atoms in total. The molecule has 0 radical (unpaired) electrons. The van der Waals surface area contributed by atoms with E-state index in [0.29, 0.717) is 6.54 Å². The fourth-order valence-corrected chi connectivity index (χ4v) is 2.48. The van der Waals surface area contributed by atoms with Crippen LogP contribution in [-0.2, 0) is 13.0 Å². The average molecular weight is 292 g/mol. The second-order valence-corrected chi connectivity index (χ2v) is 4.95. The molecule has 0 aliphatic rings. The summed E-state index contributed by atoms with van der Waals surface area (Å²) in [5.74, 6) is -0.376. The van der Waals surface area contributed by atoms with Gasteiger partial charge in [0.1, 0.15) is 5.82 Å². The van der Waals surface area contributed by atoms with Crippen LogP contribution in [0.15, 0.2) is 29.6 Å². The van der Waals surface area contributed by atoms with E-state index in [4.69, 9.17) is 17.3 Å². The van der Waals surface area contributed by atoms with Gasteiger partial charge in [0.25, 0.3) is 0 Å². The third kappa shape index (κ3) is 3.68. The van der Waals surface area contributed by atoms with E-state index < -0.39 is 0 Å². The largest absolute Gasteiger partial charge is 0.326 e. The van der Waals surface area contributed by atoms with Crippen LogP contribution in [0, 0.1) is 5.82 Å². The highest BCUT2D eigenvalue weighted by Gasteiger charge is 2.03. The Morgan fingerprint density at radius 1 is 1.24 bits per heavy atom. The number of benzene rings is 1. The van der Waals surface area contributed by atoms with E-state index in [0.717, 1.165) is 16.9 Å². The molecular formula is C12H12Cl2FNS. The third-order valence-electron chi connectivity index (χ3n) is 2.30. The van der Waals surface area contributed by atoms with Gasteiger partial charge in [0, 0.05) is 11.4 Å². The Labute approximate surface area is 115 Å². The normalized spacial score (nSPS) is 10.1. The molecule has 2 N–H and O–H groups in total. The minimum atomic E-state index is -0.376. The fraction of sp³-hybridized carbons (Fsp3) is 0.167. The molecule has 0 saturated carbocycles. The minimum absolute atomic E-state index is 0. The molecule has 1 aromatic heterocycles. The summed E-state index contributed by atoms with van der Waals surface area (Å²) in [4.78, 5) is 1.16. The molecule has 0 aliphatic carbocycles. The first-order valence-corrected chi connectivity index (χ1v) is 6.15. The summed E-state index contributed by atoms with van der Waals surface area (Å²) in [6.07, 6.45) is 0.760. The molecule has 0 bridgehead atoms.